The lowest BCUT2D eigenvalue weighted by molar-refractivity contribution is -0.147. The SMILES string of the molecule is Cc1ccc(C(=O)COC(=O)[C@H]2CC(=O)N(C3CCCC3)C2)c(C)c1. The molecule has 5 heteroatoms. The van der Waals surface area contributed by atoms with Gasteiger partial charge in [-0.05, 0) is 32.3 Å². The fraction of sp³-hybridized carbons (Fsp3) is 0.550. The molecule has 0 spiro atoms. The zero-order chi connectivity index (χ0) is 18.0. The van der Waals surface area contributed by atoms with Gasteiger partial charge < -0.3 is 9.64 Å². The van der Waals surface area contributed by atoms with Crippen molar-refractivity contribution in [1.82, 2.24) is 4.90 Å². The normalized spacial score (nSPS) is 21.0. The molecule has 1 aliphatic carbocycles. The molecule has 1 saturated carbocycles. The lowest BCUT2D eigenvalue weighted by Crippen LogP contribution is -2.35. The predicted molar refractivity (Wildman–Crippen MR) is 93.3 cm³/mol. The summed E-state index contributed by atoms with van der Waals surface area (Å²) in [6.45, 7) is 4.00. The molecule has 2 aliphatic rings. The standard InChI is InChI=1S/C20H25NO4/c1-13-7-8-17(14(2)9-13)18(22)12-25-20(24)15-10-19(23)21(11-15)16-5-3-4-6-16/h7-9,15-16H,3-6,10-12H2,1-2H3/t15-/m0/s1. The third kappa shape index (κ3) is 3.91. The molecule has 0 radical (unpaired) electrons. The van der Waals surface area contributed by atoms with Crippen molar-refractivity contribution >= 4 is 17.7 Å². The highest BCUT2D eigenvalue weighted by atomic mass is 16.5. The molecule has 1 atom stereocenters. The molecule has 1 amide bonds. The predicted octanol–water partition coefficient (Wildman–Crippen LogP) is 2.82. The number of carbonyl (C=O) groups is 3. The Kier molecular flexibility index (Phi) is 5.21. The van der Waals surface area contributed by atoms with Crippen molar-refractivity contribution < 1.29 is 19.1 Å². The highest BCUT2D eigenvalue weighted by molar-refractivity contribution is 5.99. The van der Waals surface area contributed by atoms with Crippen LogP contribution in [0.1, 0.15) is 53.6 Å². The van der Waals surface area contributed by atoms with E-state index in [1.807, 2.05) is 30.9 Å². The zero-order valence-electron chi connectivity index (χ0n) is 14.9. The number of amides is 1. The van der Waals surface area contributed by atoms with E-state index in [1.54, 1.807) is 6.07 Å². The fourth-order valence-electron chi connectivity index (χ4n) is 3.92. The fourth-order valence-corrected chi connectivity index (χ4v) is 3.92. The van der Waals surface area contributed by atoms with E-state index < -0.39 is 11.9 Å². The molecule has 1 heterocycles. The zero-order valence-corrected chi connectivity index (χ0v) is 14.9. The van der Waals surface area contributed by atoms with Gasteiger partial charge >= 0.3 is 5.97 Å². The quantitative estimate of drug-likeness (QED) is 0.609. The van der Waals surface area contributed by atoms with Crippen molar-refractivity contribution in [1.29, 1.82) is 0 Å². The summed E-state index contributed by atoms with van der Waals surface area (Å²) < 4.78 is 5.22. The van der Waals surface area contributed by atoms with Gasteiger partial charge in [0, 0.05) is 24.6 Å². The molecule has 0 aromatic heterocycles. The van der Waals surface area contributed by atoms with E-state index in [2.05, 4.69) is 0 Å². The van der Waals surface area contributed by atoms with Gasteiger partial charge in [0.1, 0.15) is 0 Å². The highest BCUT2D eigenvalue weighted by Gasteiger charge is 2.39. The first-order valence-corrected chi connectivity index (χ1v) is 9.02. The van der Waals surface area contributed by atoms with E-state index >= 15 is 0 Å². The second kappa shape index (κ2) is 7.38. The van der Waals surface area contributed by atoms with Crippen LogP contribution in [0.25, 0.3) is 0 Å². The van der Waals surface area contributed by atoms with Crippen LogP contribution in [-0.2, 0) is 14.3 Å². The van der Waals surface area contributed by atoms with Crippen molar-refractivity contribution in [3.05, 3.63) is 34.9 Å². The number of nitrogens with zero attached hydrogens (tertiary/aromatic N) is 1. The maximum absolute atomic E-state index is 12.3. The van der Waals surface area contributed by atoms with Crippen LogP contribution in [0, 0.1) is 19.8 Å². The third-order valence-electron chi connectivity index (χ3n) is 5.29. The molecule has 2 fully saturated rings. The summed E-state index contributed by atoms with van der Waals surface area (Å²) in [5, 5.41) is 0. The molecule has 25 heavy (non-hydrogen) atoms. The number of benzene rings is 1. The van der Waals surface area contributed by atoms with Crippen LogP contribution < -0.4 is 0 Å². The van der Waals surface area contributed by atoms with Crippen molar-refractivity contribution in [2.45, 2.75) is 52.0 Å². The van der Waals surface area contributed by atoms with Crippen molar-refractivity contribution in [2.75, 3.05) is 13.2 Å². The van der Waals surface area contributed by atoms with Gasteiger partial charge in [-0.2, -0.15) is 0 Å². The number of likely N-dealkylation sites (tertiary alicyclic amines) is 1. The number of hydrogen-bond acceptors (Lipinski definition) is 4. The van der Waals surface area contributed by atoms with Crippen LogP contribution in [0.5, 0.6) is 0 Å². The molecule has 1 aromatic carbocycles. The first-order chi connectivity index (χ1) is 12.0. The number of hydrogen-bond donors (Lipinski definition) is 0. The molecule has 134 valence electrons. The van der Waals surface area contributed by atoms with Gasteiger partial charge in [-0.3, -0.25) is 14.4 Å². The Morgan fingerprint density at radius 2 is 1.92 bits per heavy atom. The molecule has 5 nitrogen and oxygen atoms in total. The Morgan fingerprint density at radius 1 is 1.20 bits per heavy atom. The minimum absolute atomic E-state index is 0.0366. The molecular weight excluding hydrogens is 318 g/mol. The summed E-state index contributed by atoms with van der Waals surface area (Å²) in [6, 6.07) is 5.85. The molecule has 1 aromatic rings. The van der Waals surface area contributed by atoms with Gasteiger partial charge in [0.05, 0.1) is 5.92 Å². The van der Waals surface area contributed by atoms with Crippen LogP contribution in [0.2, 0.25) is 0 Å². The Hall–Kier alpha value is -2.17. The number of carbonyl (C=O) groups excluding carboxylic acids is 3. The van der Waals surface area contributed by atoms with Gasteiger partial charge in [0.25, 0.3) is 0 Å². The molecule has 0 bridgehead atoms. The summed E-state index contributed by atoms with van der Waals surface area (Å²) in [5.74, 6) is -1.05. The summed E-state index contributed by atoms with van der Waals surface area (Å²) in [5.41, 5.74) is 2.54. The molecule has 3 rings (SSSR count). The molecule has 0 unspecified atom stereocenters. The number of ether oxygens (including phenoxy) is 1. The van der Waals surface area contributed by atoms with Crippen molar-refractivity contribution in [3.63, 3.8) is 0 Å². The van der Waals surface area contributed by atoms with Gasteiger partial charge in [0.15, 0.2) is 6.61 Å². The second-order valence-corrected chi connectivity index (χ2v) is 7.23. The van der Waals surface area contributed by atoms with Gasteiger partial charge in [-0.25, -0.2) is 0 Å². The highest BCUT2D eigenvalue weighted by Crippen LogP contribution is 2.29. The average molecular weight is 343 g/mol. The Balaban J connectivity index is 1.54. The van der Waals surface area contributed by atoms with E-state index in [4.69, 9.17) is 4.74 Å². The minimum Gasteiger partial charge on any atom is -0.457 e. The Bertz CT molecular complexity index is 691. The van der Waals surface area contributed by atoms with Gasteiger partial charge in [-0.1, -0.05) is 36.6 Å². The summed E-state index contributed by atoms with van der Waals surface area (Å²) >= 11 is 0. The Morgan fingerprint density at radius 3 is 2.60 bits per heavy atom. The van der Waals surface area contributed by atoms with E-state index in [9.17, 15) is 14.4 Å². The first-order valence-electron chi connectivity index (χ1n) is 9.02. The molecule has 1 aliphatic heterocycles. The van der Waals surface area contributed by atoms with Crippen LogP contribution in [-0.4, -0.2) is 41.8 Å². The lowest BCUT2D eigenvalue weighted by atomic mass is 10.0. The molecular formula is C20H25NO4. The maximum atomic E-state index is 12.3. The lowest BCUT2D eigenvalue weighted by Gasteiger charge is -2.23. The summed E-state index contributed by atoms with van der Waals surface area (Å²) in [7, 11) is 0. The molecule has 0 N–H and O–H groups in total. The maximum Gasteiger partial charge on any atom is 0.311 e. The van der Waals surface area contributed by atoms with E-state index in [0.717, 1.165) is 36.8 Å². The average Bonchev–Trinajstić information content (AvgIpc) is 3.21. The number of esters is 1. The van der Waals surface area contributed by atoms with Crippen molar-refractivity contribution in [2.24, 2.45) is 5.92 Å². The summed E-state index contributed by atoms with van der Waals surface area (Å²) in [4.78, 5) is 38.6. The topological polar surface area (TPSA) is 63.7 Å². The number of aryl methyl sites for hydroxylation is 2. The van der Waals surface area contributed by atoms with E-state index in [0.29, 0.717) is 12.1 Å². The second-order valence-electron chi connectivity index (χ2n) is 7.23. The number of ketones is 1. The van der Waals surface area contributed by atoms with Crippen LogP contribution >= 0.6 is 0 Å². The largest absolute Gasteiger partial charge is 0.457 e. The minimum atomic E-state index is -0.444. The monoisotopic (exact) mass is 343 g/mol. The van der Waals surface area contributed by atoms with Crippen LogP contribution in [0.4, 0.5) is 0 Å². The number of Topliss-reactive ketones (excluding diaryl/α,β-unsaturated/α-hetero) is 1. The first kappa shape index (κ1) is 17.6. The Labute approximate surface area is 148 Å². The van der Waals surface area contributed by atoms with Crippen molar-refractivity contribution in [3.8, 4) is 0 Å². The van der Waals surface area contributed by atoms with E-state index in [-0.39, 0.29) is 30.8 Å². The van der Waals surface area contributed by atoms with E-state index in [1.165, 1.54) is 0 Å². The molecule has 1 saturated heterocycles. The van der Waals surface area contributed by atoms with Crippen LogP contribution in [0.3, 0.4) is 0 Å². The van der Waals surface area contributed by atoms with Crippen LogP contribution in [0.15, 0.2) is 18.2 Å². The third-order valence-corrected chi connectivity index (χ3v) is 5.29. The summed E-state index contributed by atoms with van der Waals surface area (Å²) in [6.07, 6.45) is 4.55. The van der Waals surface area contributed by atoms with Gasteiger partial charge in [-0.15, -0.1) is 0 Å². The van der Waals surface area contributed by atoms with Gasteiger partial charge in [0.2, 0.25) is 11.7 Å². The number of rotatable bonds is 5. The smallest absolute Gasteiger partial charge is 0.311 e.